The Bertz CT molecular complexity index is 1210. The maximum atomic E-state index is 13.2. The van der Waals surface area contributed by atoms with E-state index in [1.807, 2.05) is 12.1 Å². The van der Waals surface area contributed by atoms with Gasteiger partial charge in [-0.25, -0.2) is 0 Å². The van der Waals surface area contributed by atoms with Gasteiger partial charge in [0.15, 0.2) is 0 Å². The molecule has 1 fully saturated rings. The number of nitrogens with zero attached hydrogens (tertiary/aromatic N) is 2. The monoisotopic (exact) mass is 448 g/mol. The highest BCUT2D eigenvalue weighted by molar-refractivity contribution is 6.05. The average molecular weight is 448 g/mol. The third-order valence-corrected chi connectivity index (χ3v) is 5.79. The van der Waals surface area contributed by atoms with Crippen LogP contribution < -0.4 is 10.6 Å². The first-order valence-electron chi connectivity index (χ1n) is 10.7. The molecule has 9 nitrogen and oxygen atoms in total. The minimum Gasteiger partial charge on any atom is -0.506 e. The number of rotatable bonds is 7. The lowest BCUT2D eigenvalue weighted by Crippen LogP contribution is -2.46. The second kappa shape index (κ2) is 9.56. The lowest BCUT2D eigenvalue weighted by molar-refractivity contribution is -0.384. The number of likely N-dealkylation sites (tertiary alicyclic amines) is 1. The number of aromatic hydroxyl groups is 1. The maximum absolute atomic E-state index is 13.2. The van der Waals surface area contributed by atoms with E-state index < -0.39 is 11.0 Å². The largest absolute Gasteiger partial charge is 0.506 e. The van der Waals surface area contributed by atoms with E-state index in [0.717, 1.165) is 5.39 Å². The van der Waals surface area contributed by atoms with Crippen LogP contribution in [0.5, 0.6) is 5.75 Å². The highest BCUT2D eigenvalue weighted by Crippen LogP contribution is 2.31. The number of phenolic OH excluding ortho intramolecular Hbond substituents is 1. The summed E-state index contributed by atoms with van der Waals surface area (Å²) in [5.41, 5.74) is 0.513. The van der Waals surface area contributed by atoms with E-state index in [0.29, 0.717) is 37.0 Å². The smallest absolute Gasteiger partial charge is 0.292 e. The van der Waals surface area contributed by atoms with E-state index in [1.54, 1.807) is 42.5 Å². The molecule has 33 heavy (non-hydrogen) atoms. The summed E-state index contributed by atoms with van der Waals surface area (Å²) in [5.74, 6) is -0.753. The Kier molecular flexibility index (Phi) is 6.39. The molecule has 0 bridgehead atoms. The van der Waals surface area contributed by atoms with Gasteiger partial charge in [-0.05, 0) is 30.4 Å². The van der Waals surface area contributed by atoms with Crippen LogP contribution in [0.3, 0.4) is 0 Å². The number of fused-ring (bicyclic) bond motifs is 1. The van der Waals surface area contributed by atoms with Crippen LogP contribution in [0, 0.1) is 10.1 Å². The fourth-order valence-corrected chi connectivity index (χ4v) is 4.15. The van der Waals surface area contributed by atoms with Crippen LogP contribution in [-0.2, 0) is 4.79 Å². The first kappa shape index (κ1) is 22.1. The number of phenols is 1. The number of para-hydroxylation sites is 2. The zero-order chi connectivity index (χ0) is 23.4. The molecule has 170 valence electrons. The molecule has 0 radical (unpaired) electrons. The number of anilines is 1. The van der Waals surface area contributed by atoms with Crippen molar-refractivity contribution in [2.75, 3.05) is 25.0 Å². The van der Waals surface area contributed by atoms with Gasteiger partial charge in [-0.1, -0.05) is 42.5 Å². The maximum Gasteiger partial charge on any atom is 0.292 e. The molecule has 1 atom stereocenters. The molecule has 1 aliphatic heterocycles. The van der Waals surface area contributed by atoms with Crippen LogP contribution in [0.15, 0.2) is 60.7 Å². The number of nitro groups is 1. The molecule has 9 heteroatoms. The van der Waals surface area contributed by atoms with Crippen molar-refractivity contribution in [2.45, 2.75) is 18.9 Å². The van der Waals surface area contributed by atoms with Crippen molar-refractivity contribution in [2.24, 2.45) is 0 Å². The molecule has 1 aliphatic rings. The Morgan fingerprint density at radius 1 is 1.06 bits per heavy atom. The number of carbonyl (C=O) groups is 2. The van der Waals surface area contributed by atoms with Crippen LogP contribution in [0.25, 0.3) is 10.8 Å². The normalized spacial score (nSPS) is 15.4. The number of nitro benzene ring substituents is 1. The fourth-order valence-electron chi connectivity index (χ4n) is 4.15. The Hall–Kier alpha value is -4.14. The molecule has 1 heterocycles. The standard InChI is InChI=1S/C24H24N4O5/c29-22-17-7-2-1-6-16(17)11-12-18(22)24(31)27-15-5-10-21(27)23(30)26-14-13-25-19-8-3-4-9-20(19)28(32)33/h1-4,6-9,11-12,21,25,29H,5,10,13-15H2,(H,26,30). The molecule has 0 saturated carbocycles. The van der Waals surface area contributed by atoms with Crippen LogP contribution in [-0.4, -0.2) is 52.4 Å². The van der Waals surface area contributed by atoms with E-state index >= 15 is 0 Å². The molecule has 2 amide bonds. The first-order chi connectivity index (χ1) is 16.0. The number of carbonyl (C=O) groups excluding carboxylic acids is 2. The predicted molar refractivity (Wildman–Crippen MR) is 124 cm³/mol. The van der Waals surface area contributed by atoms with Gasteiger partial charge in [-0.3, -0.25) is 19.7 Å². The minimum atomic E-state index is -0.630. The van der Waals surface area contributed by atoms with Crippen LogP contribution >= 0.6 is 0 Å². The van der Waals surface area contributed by atoms with Crippen molar-refractivity contribution < 1.29 is 19.6 Å². The summed E-state index contributed by atoms with van der Waals surface area (Å²) in [4.78, 5) is 38.0. The molecule has 3 aromatic rings. The predicted octanol–water partition coefficient (Wildman–Crippen LogP) is 3.29. The third kappa shape index (κ3) is 4.57. The van der Waals surface area contributed by atoms with E-state index in [4.69, 9.17) is 0 Å². The van der Waals surface area contributed by atoms with Crippen molar-refractivity contribution >= 4 is 34.0 Å². The second-order valence-corrected chi connectivity index (χ2v) is 7.83. The molecule has 0 aromatic heterocycles. The van der Waals surface area contributed by atoms with E-state index in [1.165, 1.54) is 11.0 Å². The van der Waals surface area contributed by atoms with Crippen molar-refractivity contribution in [1.82, 2.24) is 10.2 Å². The van der Waals surface area contributed by atoms with E-state index in [-0.39, 0.29) is 35.4 Å². The van der Waals surface area contributed by atoms with Crippen molar-refractivity contribution in [3.8, 4) is 5.75 Å². The van der Waals surface area contributed by atoms with Gasteiger partial charge in [0.1, 0.15) is 17.5 Å². The van der Waals surface area contributed by atoms with Crippen LogP contribution in [0.1, 0.15) is 23.2 Å². The number of benzene rings is 3. The van der Waals surface area contributed by atoms with Crippen LogP contribution in [0.4, 0.5) is 11.4 Å². The van der Waals surface area contributed by atoms with Gasteiger partial charge in [0.2, 0.25) is 5.91 Å². The Morgan fingerprint density at radius 3 is 2.64 bits per heavy atom. The van der Waals surface area contributed by atoms with Crippen molar-refractivity contribution in [3.63, 3.8) is 0 Å². The van der Waals surface area contributed by atoms with Gasteiger partial charge in [-0.15, -0.1) is 0 Å². The topological polar surface area (TPSA) is 125 Å². The molecule has 3 aromatic carbocycles. The SMILES string of the molecule is O=C(NCCNc1ccccc1[N+](=O)[O-])C1CCCN1C(=O)c1ccc2ccccc2c1O. The van der Waals surface area contributed by atoms with Gasteiger partial charge in [0.05, 0.1) is 10.5 Å². The molecule has 1 saturated heterocycles. The number of amides is 2. The van der Waals surface area contributed by atoms with Crippen LogP contribution in [0.2, 0.25) is 0 Å². The highest BCUT2D eigenvalue weighted by Gasteiger charge is 2.35. The Labute approximate surface area is 190 Å². The summed E-state index contributed by atoms with van der Waals surface area (Å²) in [6, 6.07) is 16.3. The lowest BCUT2D eigenvalue weighted by Gasteiger charge is -2.24. The zero-order valence-electron chi connectivity index (χ0n) is 17.9. The summed E-state index contributed by atoms with van der Waals surface area (Å²) in [6.45, 7) is 0.963. The fraction of sp³-hybridized carbons (Fsp3) is 0.250. The third-order valence-electron chi connectivity index (χ3n) is 5.79. The molecular weight excluding hydrogens is 424 g/mol. The second-order valence-electron chi connectivity index (χ2n) is 7.83. The Morgan fingerprint density at radius 2 is 1.82 bits per heavy atom. The van der Waals surface area contributed by atoms with Crippen molar-refractivity contribution in [3.05, 3.63) is 76.3 Å². The zero-order valence-corrected chi connectivity index (χ0v) is 17.9. The first-order valence-corrected chi connectivity index (χ1v) is 10.7. The minimum absolute atomic E-state index is 0.0356. The molecule has 0 spiro atoms. The summed E-state index contributed by atoms with van der Waals surface area (Å²) in [5, 5.41) is 28.9. The Balaban J connectivity index is 1.38. The summed E-state index contributed by atoms with van der Waals surface area (Å²) in [6.07, 6.45) is 1.22. The van der Waals surface area contributed by atoms with Gasteiger partial charge < -0.3 is 20.6 Å². The van der Waals surface area contributed by atoms with Crippen molar-refractivity contribution in [1.29, 1.82) is 0 Å². The molecular formula is C24H24N4O5. The summed E-state index contributed by atoms with van der Waals surface area (Å²) >= 11 is 0. The molecule has 3 N–H and O–H groups in total. The van der Waals surface area contributed by atoms with Gasteiger partial charge >= 0.3 is 0 Å². The van der Waals surface area contributed by atoms with E-state index in [9.17, 15) is 24.8 Å². The molecule has 1 unspecified atom stereocenters. The lowest BCUT2D eigenvalue weighted by atomic mass is 10.0. The number of hydrogen-bond acceptors (Lipinski definition) is 6. The van der Waals surface area contributed by atoms with Gasteiger partial charge in [0, 0.05) is 31.1 Å². The van der Waals surface area contributed by atoms with Gasteiger partial charge in [-0.2, -0.15) is 0 Å². The average Bonchev–Trinajstić information content (AvgIpc) is 3.32. The summed E-state index contributed by atoms with van der Waals surface area (Å²) < 4.78 is 0. The number of hydrogen-bond donors (Lipinski definition) is 3. The number of nitrogens with one attached hydrogen (secondary N) is 2. The highest BCUT2D eigenvalue weighted by atomic mass is 16.6. The van der Waals surface area contributed by atoms with Gasteiger partial charge in [0.25, 0.3) is 11.6 Å². The molecule has 0 aliphatic carbocycles. The van der Waals surface area contributed by atoms with E-state index in [2.05, 4.69) is 10.6 Å². The molecule has 4 rings (SSSR count). The summed E-state index contributed by atoms with van der Waals surface area (Å²) in [7, 11) is 0. The quantitative estimate of drug-likeness (QED) is 0.289.